The number of hydrogen-bond acceptors (Lipinski definition) is 3. The van der Waals surface area contributed by atoms with E-state index in [1.54, 1.807) is 25.2 Å². The average molecular weight is 249 g/mol. The van der Waals surface area contributed by atoms with Crippen molar-refractivity contribution in [3.63, 3.8) is 0 Å². The van der Waals surface area contributed by atoms with Crippen molar-refractivity contribution in [2.45, 2.75) is 25.9 Å². The summed E-state index contributed by atoms with van der Waals surface area (Å²) in [7, 11) is 1.68. The Morgan fingerprint density at radius 1 is 1.50 bits per heavy atom. The normalized spacial score (nSPS) is 18.2. The summed E-state index contributed by atoms with van der Waals surface area (Å²) in [5.41, 5.74) is 1.28. The molecule has 0 aromatic heterocycles. The molecule has 5 nitrogen and oxygen atoms in total. The first-order valence-corrected chi connectivity index (χ1v) is 5.82. The maximum Gasteiger partial charge on any atom is 0.307 e. The van der Waals surface area contributed by atoms with Crippen molar-refractivity contribution >= 4 is 17.6 Å². The fourth-order valence-electron chi connectivity index (χ4n) is 2.01. The first-order chi connectivity index (χ1) is 8.52. The van der Waals surface area contributed by atoms with Crippen molar-refractivity contribution in [2.75, 3.05) is 11.9 Å². The van der Waals surface area contributed by atoms with Gasteiger partial charge in [-0.05, 0) is 24.1 Å². The van der Waals surface area contributed by atoms with Gasteiger partial charge in [-0.1, -0.05) is 13.0 Å². The van der Waals surface area contributed by atoms with Gasteiger partial charge in [0.05, 0.1) is 12.1 Å². The number of hydrogen-bond donors (Lipinski definition) is 1. The van der Waals surface area contributed by atoms with E-state index < -0.39 is 12.1 Å². The highest BCUT2D eigenvalue weighted by Crippen LogP contribution is 2.34. The van der Waals surface area contributed by atoms with Gasteiger partial charge in [0.1, 0.15) is 5.75 Å². The van der Waals surface area contributed by atoms with Crippen LogP contribution in [-0.2, 0) is 16.0 Å². The minimum absolute atomic E-state index is 0.0630. The molecular formula is C13H15NO4. The second-order valence-electron chi connectivity index (χ2n) is 4.28. The van der Waals surface area contributed by atoms with Gasteiger partial charge in [-0.2, -0.15) is 0 Å². The zero-order chi connectivity index (χ0) is 13.3. The summed E-state index contributed by atoms with van der Waals surface area (Å²) in [5.74, 6) is -0.373. The van der Waals surface area contributed by atoms with Gasteiger partial charge in [-0.25, -0.2) is 0 Å². The molecule has 96 valence electrons. The van der Waals surface area contributed by atoms with Gasteiger partial charge < -0.3 is 14.7 Å². The first kappa shape index (κ1) is 12.4. The Labute approximate surface area is 105 Å². The van der Waals surface area contributed by atoms with Gasteiger partial charge in [0.2, 0.25) is 0 Å². The lowest BCUT2D eigenvalue weighted by molar-refractivity contribution is -0.136. The Morgan fingerprint density at radius 3 is 2.83 bits per heavy atom. The number of carboxylic acid groups (broad SMARTS) is 1. The molecule has 5 heteroatoms. The minimum atomic E-state index is -0.896. The molecule has 1 atom stereocenters. The Morgan fingerprint density at radius 2 is 2.22 bits per heavy atom. The molecule has 18 heavy (non-hydrogen) atoms. The number of likely N-dealkylation sites (N-methyl/N-ethyl adjacent to an activating group) is 1. The molecule has 0 aliphatic carbocycles. The topological polar surface area (TPSA) is 66.8 Å². The van der Waals surface area contributed by atoms with E-state index >= 15 is 0 Å². The van der Waals surface area contributed by atoms with Crippen LogP contribution in [0.15, 0.2) is 18.2 Å². The molecule has 0 saturated carbocycles. The minimum Gasteiger partial charge on any atom is -0.481 e. The summed E-state index contributed by atoms with van der Waals surface area (Å²) in [6.07, 6.45) is 0.0965. The van der Waals surface area contributed by atoms with E-state index in [9.17, 15) is 9.59 Å². The molecule has 1 aliphatic rings. The van der Waals surface area contributed by atoms with Gasteiger partial charge in [0.15, 0.2) is 6.10 Å². The van der Waals surface area contributed by atoms with Crippen molar-refractivity contribution in [1.29, 1.82) is 0 Å². The third kappa shape index (κ3) is 2.16. The summed E-state index contributed by atoms with van der Waals surface area (Å²) in [5, 5.41) is 8.76. The molecule has 0 radical (unpaired) electrons. The van der Waals surface area contributed by atoms with Crippen LogP contribution in [0.5, 0.6) is 5.75 Å². The Balaban J connectivity index is 2.36. The Hall–Kier alpha value is -2.04. The molecule has 1 amide bonds. The van der Waals surface area contributed by atoms with Gasteiger partial charge in [0, 0.05) is 7.05 Å². The largest absolute Gasteiger partial charge is 0.481 e. The zero-order valence-electron chi connectivity index (χ0n) is 10.3. The lowest BCUT2D eigenvalue weighted by Gasteiger charge is -2.31. The Bertz CT molecular complexity index is 498. The predicted octanol–water partition coefficient (Wildman–Crippen LogP) is 1.45. The van der Waals surface area contributed by atoms with Crippen LogP contribution in [-0.4, -0.2) is 30.1 Å². The second kappa shape index (κ2) is 4.68. The van der Waals surface area contributed by atoms with Gasteiger partial charge in [0.25, 0.3) is 5.91 Å². The van der Waals surface area contributed by atoms with Gasteiger partial charge in [-0.3, -0.25) is 9.59 Å². The van der Waals surface area contributed by atoms with Gasteiger partial charge >= 0.3 is 5.97 Å². The molecule has 1 heterocycles. The van der Waals surface area contributed by atoms with Crippen molar-refractivity contribution in [3.8, 4) is 5.75 Å². The number of ether oxygens (including phenoxy) is 1. The number of fused-ring (bicyclic) bond motifs is 1. The number of benzene rings is 1. The highest BCUT2D eigenvalue weighted by atomic mass is 16.5. The van der Waals surface area contributed by atoms with Crippen LogP contribution in [0.25, 0.3) is 0 Å². The van der Waals surface area contributed by atoms with E-state index in [-0.39, 0.29) is 12.3 Å². The van der Waals surface area contributed by atoms with Crippen LogP contribution in [0.2, 0.25) is 0 Å². The fourth-order valence-corrected chi connectivity index (χ4v) is 2.01. The van der Waals surface area contributed by atoms with Crippen molar-refractivity contribution < 1.29 is 19.4 Å². The first-order valence-electron chi connectivity index (χ1n) is 5.82. The van der Waals surface area contributed by atoms with E-state index in [1.165, 1.54) is 4.90 Å². The Kier molecular flexibility index (Phi) is 3.23. The number of nitrogens with zero attached hydrogens (tertiary/aromatic N) is 1. The maximum atomic E-state index is 11.9. The SMILES string of the molecule is CCC1Oc2ccc(CC(=O)O)cc2N(C)C1=O. The molecule has 0 saturated heterocycles. The molecule has 1 N–H and O–H groups in total. The lowest BCUT2D eigenvalue weighted by atomic mass is 10.1. The predicted molar refractivity (Wildman–Crippen MR) is 65.9 cm³/mol. The summed E-state index contributed by atoms with van der Waals surface area (Å²) < 4.78 is 5.59. The molecule has 0 spiro atoms. The van der Waals surface area contributed by atoms with Crippen molar-refractivity contribution in [2.24, 2.45) is 0 Å². The van der Waals surface area contributed by atoms with E-state index in [0.29, 0.717) is 23.4 Å². The molecule has 2 rings (SSSR count). The van der Waals surface area contributed by atoms with Gasteiger partial charge in [-0.15, -0.1) is 0 Å². The number of anilines is 1. The van der Waals surface area contributed by atoms with Crippen LogP contribution >= 0.6 is 0 Å². The van der Waals surface area contributed by atoms with Crippen molar-refractivity contribution in [3.05, 3.63) is 23.8 Å². The molecule has 1 aromatic rings. The summed E-state index contributed by atoms with van der Waals surface area (Å²) in [6, 6.07) is 5.12. The standard InChI is InChI=1S/C13H15NO4/c1-3-10-13(17)14(2)9-6-8(7-12(15)16)4-5-11(9)18-10/h4-6,10H,3,7H2,1-2H3,(H,15,16). The fraction of sp³-hybridized carbons (Fsp3) is 0.385. The number of aliphatic carboxylic acids is 1. The third-order valence-corrected chi connectivity index (χ3v) is 2.99. The highest BCUT2D eigenvalue weighted by molar-refractivity contribution is 5.99. The second-order valence-corrected chi connectivity index (χ2v) is 4.28. The van der Waals surface area contributed by atoms with Crippen LogP contribution in [0.4, 0.5) is 5.69 Å². The van der Waals surface area contributed by atoms with Crippen LogP contribution in [0, 0.1) is 0 Å². The monoisotopic (exact) mass is 249 g/mol. The van der Waals surface area contributed by atoms with E-state index in [2.05, 4.69) is 0 Å². The van der Waals surface area contributed by atoms with Crippen molar-refractivity contribution in [1.82, 2.24) is 0 Å². The molecule has 1 aromatic carbocycles. The summed E-state index contributed by atoms with van der Waals surface area (Å²) in [6.45, 7) is 1.89. The number of carboxylic acids is 1. The summed E-state index contributed by atoms with van der Waals surface area (Å²) in [4.78, 5) is 24.1. The number of amides is 1. The molecule has 0 fully saturated rings. The molecular weight excluding hydrogens is 234 g/mol. The average Bonchev–Trinajstić information content (AvgIpc) is 2.33. The summed E-state index contributed by atoms with van der Waals surface area (Å²) >= 11 is 0. The van der Waals surface area contributed by atoms with E-state index in [0.717, 1.165) is 0 Å². The van der Waals surface area contributed by atoms with Crippen LogP contribution < -0.4 is 9.64 Å². The van der Waals surface area contributed by atoms with Crippen LogP contribution in [0.1, 0.15) is 18.9 Å². The van der Waals surface area contributed by atoms with E-state index in [1.807, 2.05) is 6.92 Å². The number of rotatable bonds is 3. The smallest absolute Gasteiger partial charge is 0.307 e. The highest BCUT2D eigenvalue weighted by Gasteiger charge is 2.30. The number of carbonyl (C=O) groups is 2. The quantitative estimate of drug-likeness (QED) is 0.880. The van der Waals surface area contributed by atoms with Crippen LogP contribution in [0.3, 0.4) is 0 Å². The molecule has 1 unspecified atom stereocenters. The maximum absolute atomic E-state index is 11.9. The molecule has 1 aliphatic heterocycles. The third-order valence-electron chi connectivity index (χ3n) is 2.99. The molecule has 0 bridgehead atoms. The number of carbonyl (C=O) groups excluding carboxylic acids is 1. The van der Waals surface area contributed by atoms with E-state index in [4.69, 9.17) is 9.84 Å². The lowest BCUT2D eigenvalue weighted by Crippen LogP contribution is -2.43. The zero-order valence-corrected chi connectivity index (χ0v) is 10.3.